The predicted molar refractivity (Wildman–Crippen MR) is 128 cm³/mol. The van der Waals surface area contributed by atoms with Crippen LogP contribution in [0.1, 0.15) is 47.4 Å². The van der Waals surface area contributed by atoms with Crippen molar-refractivity contribution in [1.29, 1.82) is 0 Å². The normalized spacial score (nSPS) is 21.1. The van der Waals surface area contributed by atoms with Crippen LogP contribution in [-0.2, 0) is 14.5 Å². The number of aliphatic hydroxyl groups excluding tert-OH is 1. The molecule has 35 heavy (non-hydrogen) atoms. The number of carbonyl (C=O) groups is 1. The Balaban J connectivity index is 1.49. The molecule has 2 aromatic heterocycles. The number of hydrogen-bond donors (Lipinski definition) is 3. The highest BCUT2D eigenvalue weighted by atomic mass is 35.5. The van der Waals surface area contributed by atoms with Gasteiger partial charge in [0.15, 0.2) is 0 Å². The van der Waals surface area contributed by atoms with Crippen LogP contribution in [0, 0.1) is 0 Å². The fraction of sp³-hybridized carbons (Fsp3) is 0.364. The number of aliphatic hydroxyl groups is 1. The summed E-state index contributed by atoms with van der Waals surface area (Å²) in [7, 11) is -2.73. The lowest BCUT2D eigenvalue weighted by atomic mass is 10.1. The number of hydrogen-bond acceptors (Lipinski definition) is 9. The number of halogens is 1. The third kappa shape index (κ3) is 5.85. The summed E-state index contributed by atoms with van der Waals surface area (Å²) in [4.78, 5) is 21.4. The second-order valence-corrected chi connectivity index (χ2v) is 10.1. The Hall–Kier alpha value is -2.90. The number of ketones is 1. The first-order valence-corrected chi connectivity index (χ1v) is 12.7. The maximum Gasteiger partial charge on any atom is 0.335 e. The molecule has 1 aliphatic carbocycles. The van der Waals surface area contributed by atoms with Crippen LogP contribution in [0.2, 0.25) is 5.02 Å². The molecule has 3 N–H and O–H groups in total. The largest absolute Gasteiger partial charge is 0.390 e. The summed E-state index contributed by atoms with van der Waals surface area (Å²) in [5.41, 5.74) is 1.36. The Bertz CT molecular complexity index is 1320. The fourth-order valence-electron chi connectivity index (χ4n) is 3.95. The van der Waals surface area contributed by atoms with Crippen molar-refractivity contribution in [3.8, 4) is 0 Å². The van der Waals surface area contributed by atoms with E-state index in [0.717, 1.165) is 5.56 Å². The van der Waals surface area contributed by atoms with Crippen molar-refractivity contribution in [1.82, 2.24) is 24.5 Å². The second-order valence-electron chi connectivity index (χ2n) is 8.20. The van der Waals surface area contributed by atoms with Crippen molar-refractivity contribution in [2.24, 2.45) is 0 Å². The zero-order valence-corrected chi connectivity index (χ0v) is 20.6. The van der Waals surface area contributed by atoms with E-state index in [4.69, 9.17) is 15.8 Å². The highest BCUT2D eigenvalue weighted by molar-refractivity contribution is 7.84. The number of aromatic nitrogens is 4. The monoisotopic (exact) mass is 520 g/mol. The molecule has 0 radical (unpaired) electrons. The Morgan fingerprint density at radius 1 is 1.31 bits per heavy atom. The minimum absolute atomic E-state index is 0.148. The second kappa shape index (κ2) is 10.4. The highest BCUT2D eigenvalue weighted by Gasteiger charge is 2.37. The molecule has 0 aliphatic heterocycles. The van der Waals surface area contributed by atoms with Crippen molar-refractivity contribution >= 4 is 33.5 Å². The van der Waals surface area contributed by atoms with E-state index in [9.17, 15) is 18.3 Å². The van der Waals surface area contributed by atoms with Crippen molar-refractivity contribution in [3.05, 3.63) is 70.9 Å². The summed E-state index contributed by atoms with van der Waals surface area (Å²) in [5.74, 6) is -0.119. The van der Waals surface area contributed by atoms with Crippen LogP contribution in [0.4, 0.5) is 5.82 Å². The minimum atomic E-state index is -3.95. The van der Waals surface area contributed by atoms with Gasteiger partial charge in [0.05, 0.1) is 17.7 Å². The summed E-state index contributed by atoms with van der Waals surface area (Å²) in [6.07, 6.45) is 2.90. The van der Waals surface area contributed by atoms with E-state index in [0.29, 0.717) is 5.02 Å². The third-order valence-corrected chi connectivity index (χ3v) is 7.07. The van der Waals surface area contributed by atoms with Crippen LogP contribution in [0.25, 0.3) is 0 Å². The molecular weight excluding hydrogens is 496 g/mol. The first-order chi connectivity index (χ1) is 16.7. The smallest absolute Gasteiger partial charge is 0.335 e. The molecule has 186 valence electrons. The average Bonchev–Trinajstić information content (AvgIpc) is 3.45. The van der Waals surface area contributed by atoms with Gasteiger partial charge < -0.3 is 10.4 Å². The van der Waals surface area contributed by atoms with Gasteiger partial charge in [-0.15, -0.1) is 0 Å². The lowest BCUT2D eigenvalue weighted by Crippen LogP contribution is -2.31. The lowest BCUT2D eigenvalue weighted by molar-refractivity contribution is 0.0636. The van der Waals surface area contributed by atoms with Gasteiger partial charge >= 0.3 is 10.3 Å². The molecule has 0 amide bonds. The van der Waals surface area contributed by atoms with E-state index in [1.807, 2.05) is 25.1 Å². The average molecular weight is 521 g/mol. The van der Waals surface area contributed by atoms with Gasteiger partial charge in [0.25, 0.3) is 0 Å². The van der Waals surface area contributed by atoms with E-state index < -0.39 is 22.5 Å². The molecular formula is C22H25ClN6O5S. The maximum absolute atomic E-state index is 13.2. The van der Waals surface area contributed by atoms with Gasteiger partial charge in [-0.2, -0.15) is 18.2 Å². The van der Waals surface area contributed by atoms with Crippen LogP contribution in [0.5, 0.6) is 0 Å². The number of nitrogens with one attached hydrogen (secondary N) is 2. The first kappa shape index (κ1) is 25.2. The third-order valence-electron chi connectivity index (χ3n) is 5.84. The Kier molecular flexibility index (Phi) is 7.47. The van der Waals surface area contributed by atoms with Crippen LogP contribution >= 0.6 is 11.6 Å². The molecule has 1 aliphatic rings. The SMILES string of the molecule is CNS(=O)(=O)O[C@@H]1C[C@H](Nc2ncncc2C(=O)c2ccn([C@@H](C)c3cccc(Cl)c3)n2)C[C@@H]1O. The Morgan fingerprint density at radius 3 is 2.86 bits per heavy atom. The molecule has 1 aromatic carbocycles. The molecule has 1 saturated carbocycles. The minimum Gasteiger partial charge on any atom is -0.390 e. The predicted octanol–water partition coefficient (Wildman–Crippen LogP) is 1.95. The number of nitrogens with zero attached hydrogens (tertiary/aromatic N) is 4. The molecule has 11 nitrogen and oxygen atoms in total. The van der Waals surface area contributed by atoms with E-state index in [1.54, 1.807) is 23.0 Å². The van der Waals surface area contributed by atoms with Crippen molar-refractivity contribution in [2.75, 3.05) is 12.4 Å². The van der Waals surface area contributed by atoms with Crippen molar-refractivity contribution in [2.45, 2.75) is 44.1 Å². The van der Waals surface area contributed by atoms with Gasteiger partial charge in [-0.3, -0.25) is 13.7 Å². The molecule has 3 aromatic rings. The number of rotatable bonds is 9. The van der Waals surface area contributed by atoms with Crippen LogP contribution < -0.4 is 10.0 Å². The standard InChI is InChI=1S/C22H25ClN6O5S/c1-13(14-4-3-5-15(23)8-14)29-7-6-18(28-29)21(31)17-11-25-12-26-22(17)27-16-9-19(30)20(10-16)34-35(32,33)24-2/h3-8,11-13,16,19-20,24,30H,9-10H2,1-2H3,(H,25,26,27)/t13-,16+,19-,20+/m0/s1. The van der Waals surface area contributed by atoms with Gasteiger partial charge in [-0.05, 0) is 43.5 Å². The molecule has 0 saturated heterocycles. The van der Waals surface area contributed by atoms with E-state index in [1.165, 1.54) is 19.6 Å². The summed E-state index contributed by atoms with van der Waals surface area (Å²) < 4.78 is 32.1. The molecule has 1 fully saturated rings. The van der Waals surface area contributed by atoms with Gasteiger partial charge in [-0.1, -0.05) is 23.7 Å². The number of benzene rings is 1. The zero-order chi connectivity index (χ0) is 25.2. The summed E-state index contributed by atoms with van der Waals surface area (Å²) >= 11 is 6.10. The summed E-state index contributed by atoms with van der Waals surface area (Å²) in [6, 6.07) is 8.52. The Morgan fingerprint density at radius 2 is 2.11 bits per heavy atom. The topological polar surface area (TPSA) is 148 Å². The molecule has 4 rings (SSSR count). The summed E-state index contributed by atoms with van der Waals surface area (Å²) in [5, 5.41) is 18.4. The zero-order valence-electron chi connectivity index (χ0n) is 19.0. The van der Waals surface area contributed by atoms with Crippen molar-refractivity contribution < 1.29 is 22.5 Å². The van der Waals surface area contributed by atoms with E-state index >= 15 is 0 Å². The van der Waals surface area contributed by atoms with Gasteiger partial charge in [0.2, 0.25) is 5.78 Å². The van der Waals surface area contributed by atoms with E-state index in [2.05, 4.69) is 25.1 Å². The molecule has 0 unspecified atom stereocenters. The van der Waals surface area contributed by atoms with Gasteiger partial charge in [-0.25, -0.2) is 9.97 Å². The molecule has 0 bridgehead atoms. The quantitative estimate of drug-likeness (QED) is 0.360. The summed E-state index contributed by atoms with van der Waals surface area (Å²) in [6.45, 7) is 1.95. The molecule has 13 heteroatoms. The van der Waals surface area contributed by atoms with Gasteiger partial charge in [0, 0.05) is 30.5 Å². The first-order valence-electron chi connectivity index (χ1n) is 10.9. The van der Waals surface area contributed by atoms with E-state index in [-0.39, 0.29) is 47.8 Å². The highest BCUT2D eigenvalue weighted by Crippen LogP contribution is 2.28. The lowest BCUT2D eigenvalue weighted by Gasteiger charge is -2.16. The van der Waals surface area contributed by atoms with Crippen LogP contribution in [0.15, 0.2) is 49.1 Å². The molecule has 2 heterocycles. The van der Waals surface area contributed by atoms with Crippen LogP contribution in [-0.4, -0.2) is 64.4 Å². The van der Waals surface area contributed by atoms with Crippen LogP contribution in [0.3, 0.4) is 0 Å². The fourth-order valence-corrected chi connectivity index (χ4v) is 4.77. The number of carbonyl (C=O) groups excluding carboxylic acids is 1. The Labute approximate surface area is 207 Å². The molecule has 4 atom stereocenters. The maximum atomic E-state index is 13.2. The van der Waals surface area contributed by atoms with Crippen molar-refractivity contribution in [3.63, 3.8) is 0 Å². The van der Waals surface area contributed by atoms with Gasteiger partial charge in [0.1, 0.15) is 23.9 Å². The number of anilines is 1. The molecule has 0 spiro atoms.